The Balaban J connectivity index is 1.91. The van der Waals surface area contributed by atoms with Crippen LogP contribution in [0.1, 0.15) is 36.5 Å². The van der Waals surface area contributed by atoms with Crippen LogP contribution in [0, 0.1) is 19.8 Å². The van der Waals surface area contributed by atoms with Crippen LogP contribution in [-0.2, 0) is 11.2 Å². The van der Waals surface area contributed by atoms with E-state index < -0.39 is 0 Å². The molecule has 0 N–H and O–H groups in total. The normalized spacial score (nSPS) is 18.1. The number of rotatable bonds is 3. The zero-order valence-corrected chi connectivity index (χ0v) is 13.4. The highest BCUT2D eigenvalue weighted by Crippen LogP contribution is 2.24. The van der Waals surface area contributed by atoms with Gasteiger partial charge in [-0.25, -0.2) is 0 Å². The topological polar surface area (TPSA) is 20.3 Å². The highest BCUT2D eigenvalue weighted by Gasteiger charge is 2.25. The first-order chi connectivity index (χ1) is 9.47. The molecule has 0 bridgehead atoms. The Hall–Kier alpha value is -1.02. The molecule has 1 aliphatic heterocycles. The molecule has 110 valence electrons. The van der Waals surface area contributed by atoms with Crippen molar-refractivity contribution in [1.82, 2.24) is 4.90 Å². The van der Waals surface area contributed by atoms with Gasteiger partial charge in [0.25, 0.3) is 0 Å². The van der Waals surface area contributed by atoms with Crippen LogP contribution >= 0.6 is 11.6 Å². The largest absolute Gasteiger partial charge is 0.342 e. The third-order valence-corrected chi connectivity index (χ3v) is 4.82. The Morgan fingerprint density at radius 1 is 1.30 bits per heavy atom. The van der Waals surface area contributed by atoms with Gasteiger partial charge in [0.05, 0.1) is 6.42 Å². The summed E-state index contributed by atoms with van der Waals surface area (Å²) in [6.45, 7) is 7.95. The van der Waals surface area contributed by atoms with Gasteiger partial charge < -0.3 is 4.90 Å². The Bertz CT molecular complexity index is 476. The van der Waals surface area contributed by atoms with Gasteiger partial charge in [-0.3, -0.25) is 4.79 Å². The summed E-state index contributed by atoms with van der Waals surface area (Å²) >= 11 is 6.14. The lowest BCUT2D eigenvalue weighted by Crippen LogP contribution is -2.40. The van der Waals surface area contributed by atoms with Crippen molar-refractivity contribution >= 4 is 17.5 Å². The lowest BCUT2D eigenvalue weighted by molar-refractivity contribution is -0.131. The average molecular weight is 294 g/mol. The van der Waals surface area contributed by atoms with Gasteiger partial charge in [0.15, 0.2) is 0 Å². The quantitative estimate of drug-likeness (QED) is 0.778. The van der Waals surface area contributed by atoms with E-state index in [-0.39, 0.29) is 11.3 Å². The fourth-order valence-corrected chi connectivity index (χ4v) is 3.06. The second-order valence-electron chi connectivity index (χ2n) is 5.99. The van der Waals surface area contributed by atoms with Gasteiger partial charge in [0.1, 0.15) is 0 Å². The zero-order chi connectivity index (χ0) is 14.7. The molecule has 0 aromatic heterocycles. The van der Waals surface area contributed by atoms with E-state index in [0.717, 1.165) is 31.5 Å². The second kappa shape index (κ2) is 6.62. The number of benzene rings is 1. The maximum atomic E-state index is 12.3. The summed E-state index contributed by atoms with van der Waals surface area (Å²) in [7, 11) is 0. The van der Waals surface area contributed by atoms with Crippen LogP contribution in [0.3, 0.4) is 0 Å². The number of carbonyl (C=O) groups excluding carboxylic acids is 1. The van der Waals surface area contributed by atoms with Crippen molar-refractivity contribution in [2.24, 2.45) is 5.92 Å². The molecule has 0 radical (unpaired) electrons. The zero-order valence-electron chi connectivity index (χ0n) is 12.7. The van der Waals surface area contributed by atoms with Crippen LogP contribution < -0.4 is 0 Å². The van der Waals surface area contributed by atoms with Gasteiger partial charge in [-0.05, 0) is 56.2 Å². The number of piperidine rings is 1. The van der Waals surface area contributed by atoms with E-state index in [1.165, 1.54) is 11.1 Å². The molecule has 1 heterocycles. The highest BCUT2D eigenvalue weighted by molar-refractivity contribution is 6.20. The molecular weight excluding hydrogens is 270 g/mol. The molecule has 0 saturated carbocycles. The van der Waals surface area contributed by atoms with Crippen molar-refractivity contribution in [1.29, 1.82) is 0 Å². The number of alkyl halides is 1. The summed E-state index contributed by atoms with van der Waals surface area (Å²) in [5.41, 5.74) is 3.65. The number of hydrogen-bond acceptors (Lipinski definition) is 1. The van der Waals surface area contributed by atoms with Crippen LogP contribution in [0.15, 0.2) is 18.2 Å². The smallest absolute Gasteiger partial charge is 0.226 e. The fourth-order valence-electron chi connectivity index (χ4n) is 2.81. The Labute approximate surface area is 127 Å². The molecule has 2 rings (SSSR count). The summed E-state index contributed by atoms with van der Waals surface area (Å²) in [5.74, 6) is 0.802. The Morgan fingerprint density at radius 2 is 1.95 bits per heavy atom. The van der Waals surface area contributed by atoms with Gasteiger partial charge in [-0.1, -0.05) is 18.2 Å². The number of hydrogen-bond donors (Lipinski definition) is 0. The highest BCUT2D eigenvalue weighted by atomic mass is 35.5. The van der Waals surface area contributed by atoms with Crippen molar-refractivity contribution in [2.75, 3.05) is 13.1 Å². The van der Waals surface area contributed by atoms with E-state index in [4.69, 9.17) is 11.6 Å². The third kappa shape index (κ3) is 3.76. The summed E-state index contributed by atoms with van der Waals surface area (Å²) in [4.78, 5) is 14.3. The van der Waals surface area contributed by atoms with Crippen molar-refractivity contribution < 1.29 is 4.79 Å². The molecular formula is C17H24ClNO. The number of aryl methyl sites for hydroxylation is 2. The first kappa shape index (κ1) is 15.4. The number of carbonyl (C=O) groups is 1. The minimum Gasteiger partial charge on any atom is -0.342 e. The van der Waals surface area contributed by atoms with E-state index in [1.807, 2.05) is 4.90 Å². The molecule has 1 aromatic carbocycles. The van der Waals surface area contributed by atoms with Gasteiger partial charge in [0.2, 0.25) is 5.91 Å². The minimum atomic E-state index is 0.215. The number of halogens is 1. The first-order valence-corrected chi connectivity index (χ1v) is 7.89. The van der Waals surface area contributed by atoms with Crippen LogP contribution in [0.5, 0.6) is 0 Å². The Morgan fingerprint density at radius 3 is 2.50 bits per heavy atom. The molecule has 0 spiro atoms. The number of amides is 1. The Kier molecular flexibility index (Phi) is 5.09. The SMILES string of the molecule is Cc1ccc(CC(=O)N2CCC(C(C)Cl)CC2)cc1C. The number of likely N-dealkylation sites (tertiary alicyclic amines) is 1. The molecule has 1 unspecified atom stereocenters. The molecule has 1 fully saturated rings. The number of nitrogens with zero attached hydrogens (tertiary/aromatic N) is 1. The molecule has 3 heteroatoms. The minimum absolute atomic E-state index is 0.215. The monoisotopic (exact) mass is 293 g/mol. The fraction of sp³-hybridized carbons (Fsp3) is 0.588. The van der Waals surface area contributed by atoms with Crippen LogP contribution in [-0.4, -0.2) is 29.3 Å². The lowest BCUT2D eigenvalue weighted by Gasteiger charge is -2.33. The lowest BCUT2D eigenvalue weighted by atomic mass is 9.93. The second-order valence-corrected chi connectivity index (χ2v) is 6.68. The third-order valence-electron chi connectivity index (χ3n) is 4.47. The van der Waals surface area contributed by atoms with E-state index in [2.05, 4.69) is 39.0 Å². The molecule has 20 heavy (non-hydrogen) atoms. The predicted octanol–water partition coefficient (Wildman–Crippen LogP) is 3.71. The van der Waals surface area contributed by atoms with Crippen LogP contribution in [0.25, 0.3) is 0 Å². The first-order valence-electron chi connectivity index (χ1n) is 7.45. The van der Waals surface area contributed by atoms with Gasteiger partial charge in [0, 0.05) is 18.5 Å². The van der Waals surface area contributed by atoms with Crippen molar-refractivity contribution in [2.45, 2.75) is 45.4 Å². The van der Waals surface area contributed by atoms with Gasteiger partial charge in [-0.15, -0.1) is 11.6 Å². The average Bonchev–Trinajstić information content (AvgIpc) is 2.43. The summed E-state index contributed by atoms with van der Waals surface area (Å²) in [6.07, 6.45) is 2.58. The summed E-state index contributed by atoms with van der Waals surface area (Å²) < 4.78 is 0. The molecule has 1 atom stereocenters. The van der Waals surface area contributed by atoms with E-state index in [9.17, 15) is 4.79 Å². The van der Waals surface area contributed by atoms with Gasteiger partial charge in [-0.2, -0.15) is 0 Å². The molecule has 0 aliphatic carbocycles. The van der Waals surface area contributed by atoms with Crippen molar-refractivity contribution in [3.05, 3.63) is 34.9 Å². The van der Waals surface area contributed by atoms with Crippen molar-refractivity contribution in [3.63, 3.8) is 0 Å². The van der Waals surface area contributed by atoms with Crippen LogP contribution in [0.4, 0.5) is 0 Å². The van der Waals surface area contributed by atoms with E-state index in [0.29, 0.717) is 12.3 Å². The standard InChI is InChI=1S/C17H24ClNO/c1-12-4-5-15(10-13(12)2)11-17(20)19-8-6-16(7-9-19)14(3)18/h4-5,10,14,16H,6-9,11H2,1-3H3. The van der Waals surface area contributed by atoms with E-state index >= 15 is 0 Å². The van der Waals surface area contributed by atoms with Gasteiger partial charge >= 0.3 is 0 Å². The maximum absolute atomic E-state index is 12.3. The van der Waals surface area contributed by atoms with E-state index in [1.54, 1.807) is 0 Å². The molecule has 1 aliphatic rings. The van der Waals surface area contributed by atoms with Crippen LogP contribution in [0.2, 0.25) is 0 Å². The summed E-state index contributed by atoms with van der Waals surface area (Å²) in [5, 5.41) is 0.215. The molecule has 2 nitrogen and oxygen atoms in total. The molecule has 1 saturated heterocycles. The predicted molar refractivity (Wildman–Crippen MR) is 84.2 cm³/mol. The van der Waals surface area contributed by atoms with Crippen molar-refractivity contribution in [3.8, 4) is 0 Å². The summed E-state index contributed by atoms with van der Waals surface area (Å²) in [6, 6.07) is 6.29. The molecule has 1 aromatic rings. The maximum Gasteiger partial charge on any atom is 0.226 e. The molecule has 1 amide bonds.